The van der Waals surface area contributed by atoms with E-state index in [1.54, 1.807) is 12.1 Å². The fraction of sp³-hybridized carbons (Fsp3) is 0.0800. The molecule has 0 bridgehead atoms. The van der Waals surface area contributed by atoms with Gasteiger partial charge in [0.05, 0.1) is 16.4 Å². The van der Waals surface area contributed by atoms with Crippen LogP contribution < -0.4 is 15.0 Å². The molecular weight excluding hydrogens is 477 g/mol. The molecule has 5 rings (SSSR count). The van der Waals surface area contributed by atoms with E-state index in [1.165, 1.54) is 28.4 Å². The highest BCUT2D eigenvalue weighted by molar-refractivity contribution is 7.13. The van der Waals surface area contributed by atoms with Crippen molar-refractivity contribution in [2.45, 2.75) is 0 Å². The second-order valence-electron chi connectivity index (χ2n) is 7.53. The lowest BCUT2D eigenvalue weighted by molar-refractivity contribution is -0.123. The minimum atomic E-state index is -0.582. The average Bonchev–Trinajstić information content (AvgIpc) is 3.34. The van der Waals surface area contributed by atoms with Crippen LogP contribution >= 0.6 is 22.9 Å². The lowest BCUT2D eigenvalue weighted by atomic mass is 10.1. The Balaban J connectivity index is 1.39. The maximum absolute atomic E-state index is 13.4. The quantitative estimate of drug-likeness (QED) is 0.391. The summed E-state index contributed by atoms with van der Waals surface area (Å²) in [4.78, 5) is 31.4. The van der Waals surface area contributed by atoms with Crippen LogP contribution in [0.2, 0.25) is 5.02 Å². The molecule has 0 atom stereocenters. The van der Waals surface area contributed by atoms with Crippen molar-refractivity contribution in [1.29, 1.82) is 0 Å². The van der Waals surface area contributed by atoms with Gasteiger partial charge < -0.3 is 10.1 Å². The Morgan fingerprint density at radius 1 is 1.12 bits per heavy atom. The number of carbonyl (C=O) groups excluding carboxylic acids is 2. The SMILES string of the molecule is O=C(CN1C(=O)COc2ccc(-c3csc(-c4ccccc4)n3)cc21)Nc1ccc(F)c(Cl)c1. The third kappa shape index (κ3) is 4.50. The van der Waals surface area contributed by atoms with Crippen LogP contribution in [0.3, 0.4) is 0 Å². The second-order valence-corrected chi connectivity index (χ2v) is 8.80. The Bertz CT molecular complexity index is 1390. The molecular formula is C25H17ClFN3O3S. The predicted octanol–water partition coefficient (Wildman–Crippen LogP) is 5.63. The number of halogens is 2. The van der Waals surface area contributed by atoms with Crippen molar-refractivity contribution in [3.8, 4) is 27.6 Å². The van der Waals surface area contributed by atoms with Crippen molar-refractivity contribution in [2.24, 2.45) is 0 Å². The van der Waals surface area contributed by atoms with E-state index in [2.05, 4.69) is 5.32 Å². The first-order chi connectivity index (χ1) is 16.5. The Labute approximate surface area is 203 Å². The molecule has 4 aromatic rings. The zero-order chi connectivity index (χ0) is 23.7. The largest absolute Gasteiger partial charge is 0.482 e. The van der Waals surface area contributed by atoms with Gasteiger partial charge in [-0.15, -0.1) is 11.3 Å². The van der Waals surface area contributed by atoms with E-state index in [9.17, 15) is 14.0 Å². The smallest absolute Gasteiger partial charge is 0.265 e. The first kappa shape index (κ1) is 22.1. The summed E-state index contributed by atoms with van der Waals surface area (Å²) in [7, 11) is 0. The zero-order valence-corrected chi connectivity index (χ0v) is 19.2. The molecule has 2 amide bonds. The van der Waals surface area contributed by atoms with Crippen molar-refractivity contribution >= 4 is 46.1 Å². The van der Waals surface area contributed by atoms with Crippen LogP contribution in [-0.2, 0) is 9.59 Å². The Morgan fingerprint density at radius 3 is 2.74 bits per heavy atom. The first-order valence-corrected chi connectivity index (χ1v) is 11.6. The van der Waals surface area contributed by atoms with E-state index >= 15 is 0 Å². The maximum atomic E-state index is 13.4. The highest BCUT2D eigenvalue weighted by Gasteiger charge is 2.28. The number of nitrogens with zero attached hydrogens (tertiary/aromatic N) is 2. The van der Waals surface area contributed by atoms with Crippen LogP contribution in [-0.4, -0.2) is 29.9 Å². The summed E-state index contributed by atoms with van der Waals surface area (Å²) in [6, 6.07) is 19.2. The molecule has 1 aliphatic rings. The maximum Gasteiger partial charge on any atom is 0.265 e. The summed E-state index contributed by atoms with van der Waals surface area (Å²) >= 11 is 7.31. The number of aromatic nitrogens is 1. The number of rotatable bonds is 5. The Morgan fingerprint density at radius 2 is 1.94 bits per heavy atom. The summed E-state index contributed by atoms with van der Waals surface area (Å²) in [6.45, 7) is -0.406. The Hall–Kier alpha value is -3.75. The molecule has 1 N–H and O–H groups in total. The van der Waals surface area contributed by atoms with Crippen LogP contribution in [0.25, 0.3) is 21.8 Å². The second kappa shape index (κ2) is 9.24. The van der Waals surface area contributed by atoms with Gasteiger partial charge in [-0.1, -0.05) is 41.9 Å². The number of fused-ring (bicyclic) bond motifs is 1. The van der Waals surface area contributed by atoms with Crippen molar-refractivity contribution in [3.05, 3.63) is 82.9 Å². The van der Waals surface area contributed by atoms with Gasteiger partial charge in [-0.25, -0.2) is 9.37 Å². The van der Waals surface area contributed by atoms with Crippen molar-refractivity contribution in [3.63, 3.8) is 0 Å². The van der Waals surface area contributed by atoms with E-state index in [1.807, 2.05) is 41.8 Å². The Kier molecular flexibility index (Phi) is 6.00. The minimum absolute atomic E-state index is 0.103. The standard InChI is InChI=1S/C25H17ClFN3O3S/c26-18-11-17(7-8-19(18)27)28-23(31)12-30-21-10-16(6-9-22(21)33-13-24(30)32)20-14-34-25(29-20)15-4-2-1-3-5-15/h1-11,14H,12-13H2,(H,28,31). The number of nitrogens with one attached hydrogen (secondary N) is 1. The van der Waals surface area contributed by atoms with Crippen LogP contribution in [0.4, 0.5) is 15.8 Å². The van der Waals surface area contributed by atoms with Gasteiger partial charge in [-0.05, 0) is 36.4 Å². The van der Waals surface area contributed by atoms with Gasteiger partial charge in [0.2, 0.25) is 5.91 Å². The molecule has 9 heteroatoms. The predicted molar refractivity (Wildman–Crippen MR) is 131 cm³/mol. The van der Waals surface area contributed by atoms with Gasteiger partial charge >= 0.3 is 0 Å². The normalized spacial score (nSPS) is 12.8. The molecule has 0 fully saturated rings. The number of hydrogen-bond acceptors (Lipinski definition) is 5. The van der Waals surface area contributed by atoms with Crippen LogP contribution in [0.5, 0.6) is 5.75 Å². The van der Waals surface area contributed by atoms with Crippen molar-refractivity contribution in [2.75, 3.05) is 23.4 Å². The molecule has 170 valence electrons. The van der Waals surface area contributed by atoms with Crippen LogP contribution in [0.1, 0.15) is 0 Å². The summed E-state index contributed by atoms with van der Waals surface area (Å²) in [5.74, 6) is -0.879. The fourth-order valence-corrected chi connectivity index (χ4v) is 4.59. The van der Waals surface area contributed by atoms with E-state index in [0.717, 1.165) is 27.9 Å². The lowest BCUT2D eigenvalue weighted by Crippen LogP contribution is -2.43. The molecule has 1 aliphatic heterocycles. The number of anilines is 2. The molecule has 0 radical (unpaired) electrons. The minimum Gasteiger partial charge on any atom is -0.482 e. The number of hydrogen-bond donors (Lipinski definition) is 1. The molecule has 0 saturated carbocycles. The van der Waals surface area contributed by atoms with Crippen LogP contribution in [0.15, 0.2) is 72.1 Å². The number of amides is 2. The van der Waals surface area contributed by atoms with Gasteiger partial charge in [0.1, 0.15) is 23.1 Å². The monoisotopic (exact) mass is 493 g/mol. The summed E-state index contributed by atoms with van der Waals surface area (Å²) in [6.07, 6.45) is 0. The molecule has 0 unspecified atom stereocenters. The molecule has 1 aromatic heterocycles. The highest BCUT2D eigenvalue weighted by Crippen LogP contribution is 2.37. The summed E-state index contributed by atoms with van der Waals surface area (Å²) < 4.78 is 18.9. The third-order valence-corrected chi connectivity index (χ3v) is 6.41. The molecule has 2 heterocycles. The molecule has 6 nitrogen and oxygen atoms in total. The van der Waals surface area contributed by atoms with E-state index in [4.69, 9.17) is 21.3 Å². The van der Waals surface area contributed by atoms with E-state index in [-0.39, 0.29) is 24.1 Å². The highest BCUT2D eigenvalue weighted by atomic mass is 35.5. The first-order valence-electron chi connectivity index (χ1n) is 10.3. The van der Waals surface area contributed by atoms with Gasteiger partial charge in [-0.2, -0.15) is 0 Å². The van der Waals surface area contributed by atoms with E-state index < -0.39 is 11.7 Å². The number of ether oxygens (including phenoxy) is 1. The van der Waals surface area contributed by atoms with Gasteiger partial charge in [0, 0.05) is 22.2 Å². The molecule has 0 saturated heterocycles. The van der Waals surface area contributed by atoms with Gasteiger partial charge in [0.15, 0.2) is 6.61 Å². The zero-order valence-electron chi connectivity index (χ0n) is 17.6. The topological polar surface area (TPSA) is 71.5 Å². The summed E-state index contributed by atoms with van der Waals surface area (Å²) in [5.41, 5.74) is 3.40. The average molecular weight is 494 g/mol. The van der Waals surface area contributed by atoms with Gasteiger partial charge in [-0.3, -0.25) is 14.5 Å². The summed E-state index contributed by atoms with van der Waals surface area (Å²) in [5, 5.41) is 5.37. The van der Waals surface area contributed by atoms with Crippen LogP contribution in [0, 0.1) is 5.82 Å². The van der Waals surface area contributed by atoms with E-state index in [0.29, 0.717) is 17.1 Å². The van der Waals surface area contributed by atoms with Crippen molar-refractivity contribution in [1.82, 2.24) is 4.98 Å². The number of carbonyl (C=O) groups is 2. The fourth-order valence-electron chi connectivity index (χ4n) is 3.57. The number of benzene rings is 3. The number of thiazole rings is 1. The molecule has 3 aromatic carbocycles. The molecule has 0 aliphatic carbocycles. The van der Waals surface area contributed by atoms with Gasteiger partial charge in [0.25, 0.3) is 5.91 Å². The third-order valence-electron chi connectivity index (χ3n) is 5.23. The van der Waals surface area contributed by atoms with Crippen molar-refractivity contribution < 1.29 is 18.7 Å². The lowest BCUT2D eigenvalue weighted by Gasteiger charge is -2.29. The molecule has 34 heavy (non-hydrogen) atoms. The molecule has 0 spiro atoms.